The topological polar surface area (TPSA) is 55.5 Å². The second kappa shape index (κ2) is 2.42. The molecule has 1 spiro atoms. The summed E-state index contributed by atoms with van der Waals surface area (Å²) in [5, 5.41) is 9.44. The van der Waals surface area contributed by atoms with E-state index in [4.69, 9.17) is 10.5 Å². The van der Waals surface area contributed by atoms with Crippen LogP contribution in [0.15, 0.2) is 18.2 Å². The van der Waals surface area contributed by atoms with E-state index in [1.54, 1.807) is 12.1 Å². The lowest BCUT2D eigenvalue weighted by Gasteiger charge is -2.26. The molecule has 1 heterocycles. The van der Waals surface area contributed by atoms with Gasteiger partial charge in [-0.1, -0.05) is 0 Å². The molecule has 0 amide bonds. The molecule has 1 aliphatic heterocycles. The molecule has 2 unspecified atom stereocenters. The molecule has 14 heavy (non-hydrogen) atoms. The van der Waals surface area contributed by atoms with E-state index >= 15 is 0 Å². The highest BCUT2D eigenvalue weighted by Gasteiger charge is 2.55. The Morgan fingerprint density at radius 3 is 3.00 bits per heavy atom. The van der Waals surface area contributed by atoms with Crippen molar-refractivity contribution < 1.29 is 9.84 Å². The molecule has 74 valence electrons. The Hall–Kier alpha value is -1.22. The van der Waals surface area contributed by atoms with Gasteiger partial charge in [-0.2, -0.15) is 0 Å². The van der Waals surface area contributed by atoms with E-state index in [0.717, 1.165) is 30.8 Å². The molecule has 1 aliphatic carbocycles. The third-order valence-corrected chi connectivity index (χ3v) is 3.44. The molecule has 2 aliphatic rings. The van der Waals surface area contributed by atoms with Crippen molar-refractivity contribution in [3.05, 3.63) is 23.8 Å². The molecule has 1 aromatic rings. The van der Waals surface area contributed by atoms with Crippen LogP contribution in [-0.4, -0.2) is 17.8 Å². The Morgan fingerprint density at radius 2 is 2.29 bits per heavy atom. The third-order valence-electron chi connectivity index (χ3n) is 3.44. The Kier molecular flexibility index (Phi) is 1.40. The lowest BCUT2D eigenvalue weighted by molar-refractivity contribution is 0.257. The molecule has 1 aromatic carbocycles. The summed E-state index contributed by atoms with van der Waals surface area (Å²) in [5.41, 5.74) is 7.16. The van der Waals surface area contributed by atoms with Gasteiger partial charge in [0.1, 0.15) is 11.5 Å². The van der Waals surface area contributed by atoms with E-state index in [1.807, 2.05) is 6.07 Å². The number of benzene rings is 1. The first-order chi connectivity index (χ1) is 6.72. The fourth-order valence-corrected chi connectivity index (χ4v) is 2.44. The fourth-order valence-electron chi connectivity index (χ4n) is 2.44. The summed E-state index contributed by atoms with van der Waals surface area (Å²) in [6, 6.07) is 5.52. The standard InChI is InChI=1S/C11H13NO2/c12-10-6-11(10)3-4-14-9-2-1-7(13)5-8(9)11/h1-2,5,10,13H,3-4,6,12H2. The quantitative estimate of drug-likeness (QED) is 0.646. The average molecular weight is 191 g/mol. The van der Waals surface area contributed by atoms with Crippen LogP contribution < -0.4 is 10.5 Å². The van der Waals surface area contributed by atoms with Gasteiger partial charge in [-0.3, -0.25) is 0 Å². The zero-order chi connectivity index (χ0) is 9.76. The molecule has 1 saturated carbocycles. The number of aromatic hydroxyl groups is 1. The van der Waals surface area contributed by atoms with Gasteiger partial charge in [-0.05, 0) is 31.0 Å². The lowest BCUT2D eigenvalue weighted by Crippen LogP contribution is -2.26. The Balaban J connectivity index is 2.14. The van der Waals surface area contributed by atoms with Crippen molar-refractivity contribution in [2.75, 3.05) is 6.61 Å². The summed E-state index contributed by atoms with van der Waals surface area (Å²) in [4.78, 5) is 0. The molecule has 2 atom stereocenters. The number of nitrogens with two attached hydrogens (primary N) is 1. The summed E-state index contributed by atoms with van der Waals surface area (Å²) in [6.45, 7) is 0.742. The molecule has 0 bridgehead atoms. The number of phenolic OH excluding ortho intramolecular Hbond substituents is 1. The molecular formula is C11H13NO2. The first-order valence-electron chi connectivity index (χ1n) is 4.94. The highest BCUT2D eigenvalue weighted by molar-refractivity contribution is 5.50. The van der Waals surface area contributed by atoms with Gasteiger partial charge in [0.25, 0.3) is 0 Å². The smallest absolute Gasteiger partial charge is 0.123 e. The van der Waals surface area contributed by atoms with Crippen LogP contribution in [0.25, 0.3) is 0 Å². The zero-order valence-electron chi connectivity index (χ0n) is 7.86. The minimum atomic E-state index is 0.103. The molecule has 3 rings (SSSR count). The molecular weight excluding hydrogens is 178 g/mol. The van der Waals surface area contributed by atoms with Crippen LogP contribution in [0, 0.1) is 0 Å². The Labute approximate surface area is 82.5 Å². The minimum absolute atomic E-state index is 0.103. The summed E-state index contributed by atoms with van der Waals surface area (Å²) < 4.78 is 5.54. The van der Waals surface area contributed by atoms with Gasteiger partial charge >= 0.3 is 0 Å². The molecule has 0 aromatic heterocycles. The van der Waals surface area contributed by atoms with E-state index in [2.05, 4.69) is 0 Å². The van der Waals surface area contributed by atoms with Gasteiger partial charge in [0.05, 0.1) is 6.61 Å². The molecule has 0 radical (unpaired) electrons. The second-order valence-electron chi connectivity index (χ2n) is 4.25. The summed E-state index contributed by atoms with van der Waals surface area (Å²) >= 11 is 0. The van der Waals surface area contributed by atoms with Crippen molar-refractivity contribution in [3.8, 4) is 11.5 Å². The summed E-state index contributed by atoms with van der Waals surface area (Å²) in [6.07, 6.45) is 2.00. The number of hydrogen-bond acceptors (Lipinski definition) is 3. The highest BCUT2D eigenvalue weighted by Crippen LogP contribution is 2.55. The van der Waals surface area contributed by atoms with E-state index < -0.39 is 0 Å². The van der Waals surface area contributed by atoms with Crippen LogP contribution >= 0.6 is 0 Å². The van der Waals surface area contributed by atoms with Crippen LogP contribution in [0.5, 0.6) is 11.5 Å². The number of hydrogen-bond donors (Lipinski definition) is 2. The van der Waals surface area contributed by atoms with Crippen LogP contribution in [0.4, 0.5) is 0 Å². The van der Waals surface area contributed by atoms with Crippen LogP contribution in [0.3, 0.4) is 0 Å². The monoisotopic (exact) mass is 191 g/mol. The van der Waals surface area contributed by atoms with E-state index in [-0.39, 0.29) is 11.5 Å². The number of rotatable bonds is 0. The molecule has 1 fully saturated rings. The number of ether oxygens (including phenoxy) is 1. The largest absolute Gasteiger partial charge is 0.508 e. The minimum Gasteiger partial charge on any atom is -0.508 e. The van der Waals surface area contributed by atoms with Crippen LogP contribution in [-0.2, 0) is 5.41 Å². The van der Waals surface area contributed by atoms with E-state index in [0.29, 0.717) is 5.75 Å². The molecule has 3 heteroatoms. The molecule has 3 nitrogen and oxygen atoms in total. The maximum absolute atomic E-state index is 9.44. The van der Waals surface area contributed by atoms with Gasteiger partial charge < -0.3 is 15.6 Å². The zero-order valence-corrected chi connectivity index (χ0v) is 7.86. The normalized spacial score (nSPS) is 33.6. The Morgan fingerprint density at radius 1 is 1.50 bits per heavy atom. The van der Waals surface area contributed by atoms with Crippen molar-refractivity contribution in [2.24, 2.45) is 5.73 Å². The van der Waals surface area contributed by atoms with Gasteiger partial charge in [0.15, 0.2) is 0 Å². The summed E-state index contributed by atoms with van der Waals surface area (Å²) in [7, 11) is 0. The first-order valence-corrected chi connectivity index (χ1v) is 4.94. The Bertz CT molecular complexity index is 391. The molecule has 3 N–H and O–H groups in total. The predicted molar refractivity (Wildman–Crippen MR) is 52.5 cm³/mol. The fraction of sp³-hybridized carbons (Fsp3) is 0.455. The average Bonchev–Trinajstić information content (AvgIpc) is 2.80. The van der Waals surface area contributed by atoms with Crippen molar-refractivity contribution in [1.82, 2.24) is 0 Å². The lowest BCUT2D eigenvalue weighted by atomic mass is 9.89. The maximum atomic E-state index is 9.44. The van der Waals surface area contributed by atoms with Gasteiger partial charge in [0.2, 0.25) is 0 Å². The SMILES string of the molecule is NC1CC12CCOc1ccc(O)cc12. The van der Waals surface area contributed by atoms with Gasteiger partial charge in [-0.15, -0.1) is 0 Å². The van der Waals surface area contributed by atoms with Gasteiger partial charge in [0, 0.05) is 17.0 Å². The van der Waals surface area contributed by atoms with E-state index in [1.165, 1.54) is 0 Å². The van der Waals surface area contributed by atoms with Crippen LogP contribution in [0.1, 0.15) is 18.4 Å². The van der Waals surface area contributed by atoms with Crippen molar-refractivity contribution in [1.29, 1.82) is 0 Å². The predicted octanol–water partition coefficient (Wildman–Crippen LogP) is 1.14. The maximum Gasteiger partial charge on any atom is 0.123 e. The number of fused-ring (bicyclic) bond motifs is 2. The van der Waals surface area contributed by atoms with Gasteiger partial charge in [-0.25, -0.2) is 0 Å². The van der Waals surface area contributed by atoms with Crippen LogP contribution in [0.2, 0.25) is 0 Å². The van der Waals surface area contributed by atoms with Crippen molar-refractivity contribution >= 4 is 0 Å². The third kappa shape index (κ3) is 0.904. The highest BCUT2D eigenvalue weighted by atomic mass is 16.5. The molecule has 0 saturated heterocycles. The van der Waals surface area contributed by atoms with Crippen molar-refractivity contribution in [2.45, 2.75) is 24.3 Å². The van der Waals surface area contributed by atoms with Crippen molar-refractivity contribution in [3.63, 3.8) is 0 Å². The second-order valence-corrected chi connectivity index (χ2v) is 4.25. The number of phenols is 1. The summed E-state index contributed by atoms with van der Waals surface area (Å²) in [5.74, 6) is 1.19. The first kappa shape index (κ1) is 8.12. The van der Waals surface area contributed by atoms with E-state index in [9.17, 15) is 5.11 Å².